The molecule has 2 rings (SSSR count). The molecule has 18 heavy (non-hydrogen) atoms. The van der Waals surface area contributed by atoms with Crippen LogP contribution in [0, 0.1) is 0 Å². The predicted molar refractivity (Wildman–Crippen MR) is 62.5 cm³/mol. The molecule has 2 aromatic heterocycles. The summed E-state index contributed by atoms with van der Waals surface area (Å²) in [5.41, 5.74) is 5.41. The zero-order valence-electron chi connectivity index (χ0n) is 9.01. The Kier molecular flexibility index (Phi) is 3.51. The number of nitrogens with one attached hydrogen (secondary N) is 1. The lowest BCUT2D eigenvalue weighted by atomic mass is 10.5. The molecule has 0 unspecified atom stereocenters. The Morgan fingerprint density at radius 1 is 1.61 bits per heavy atom. The minimum atomic E-state index is -2.46. The highest BCUT2D eigenvalue weighted by Gasteiger charge is 2.10. The van der Waals surface area contributed by atoms with E-state index in [1.54, 1.807) is 11.4 Å². The number of aromatic nitrogens is 3. The maximum absolute atomic E-state index is 12.1. The third-order valence-electron chi connectivity index (χ3n) is 1.94. The first-order valence-electron chi connectivity index (χ1n) is 4.88. The van der Waals surface area contributed by atoms with Crippen molar-refractivity contribution >= 4 is 23.2 Å². The smallest absolute Gasteiger partial charge is 0.317 e. The average Bonchev–Trinajstić information content (AvgIpc) is 2.85. The zero-order valence-corrected chi connectivity index (χ0v) is 9.82. The second kappa shape index (κ2) is 5.08. The van der Waals surface area contributed by atoms with Gasteiger partial charge in [-0.1, -0.05) is 0 Å². The molecule has 96 valence electrons. The van der Waals surface area contributed by atoms with Crippen LogP contribution < -0.4 is 11.1 Å². The van der Waals surface area contributed by atoms with Crippen LogP contribution >= 0.6 is 11.3 Å². The first-order valence-corrected chi connectivity index (χ1v) is 5.76. The molecule has 6 nitrogen and oxygen atoms in total. The largest absolute Gasteiger partial charge is 0.351 e. The number of carbonyl (C=O) groups is 1. The van der Waals surface area contributed by atoms with Gasteiger partial charge in [0.05, 0.1) is 0 Å². The molecule has 0 radical (unpaired) electrons. The van der Waals surface area contributed by atoms with Crippen LogP contribution in [-0.4, -0.2) is 27.2 Å². The topological polar surface area (TPSA) is 85.8 Å². The van der Waals surface area contributed by atoms with Gasteiger partial charge in [0.15, 0.2) is 0 Å². The molecular formula is C9H9F2N5OS. The fraction of sp³-hybridized carbons (Fsp3) is 0.222. The summed E-state index contributed by atoms with van der Waals surface area (Å²) in [6.45, 7) is -0.461. The highest BCUT2D eigenvalue weighted by Crippen LogP contribution is 2.24. The lowest BCUT2D eigenvalue weighted by Crippen LogP contribution is -2.19. The Bertz CT molecular complexity index is 553. The lowest BCUT2D eigenvalue weighted by Gasteiger charge is -1.98. The number of alkyl halides is 2. The van der Waals surface area contributed by atoms with E-state index in [4.69, 9.17) is 5.73 Å². The SMILES string of the molecule is NC(=O)Nc1csc(-c2ccn(CC(F)F)n2)n1. The molecule has 0 bridgehead atoms. The molecule has 0 atom stereocenters. The summed E-state index contributed by atoms with van der Waals surface area (Å²) >= 11 is 1.23. The Morgan fingerprint density at radius 2 is 2.39 bits per heavy atom. The van der Waals surface area contributed by atoms with Gasteiger partial charge in [-0.25, -0.2) is 18.6 Å². The summed E-state index contributed by atoms with van der Waals surface area (Å²) in [5.74, 6) is 0.311. The summed E-state index contributed by atoms with van der Waals surface area (Å²) < 4.78 is 25.4. The fourth-order valence-corrected chi connectivity index (χ4v) is 2.01. The average molecular weight is 273 g/mol. The summed E-state index contributed by atoms with van der Waals surface area (Å²) in [6, 6.07) is 0.866. The highest BCUT2D eigenvalue weighted by molar-refractivity contribution is 7.13. The molecule has 2 heterocycles. The molecule has 0 spiro atoms. The van der Waals surface area contributed by atoms with E-state index in [0.29, 0.717) is 16.5 Å². The molecule has 2 amide bonds. The number of nitrogens with zero attached hydrogens (tertiary/aromatic N) is 3. The van der Waals surface area contributed by atoms with Crippen LogP contribution in [0.5, 0.6) is 0 Å². The molecule has 0 saturated carbocycles. The summed E-state index contributed by atoms with van der Waals surface area (Å²) in [4.78, 5) is 14.7. The molecule has 0 fully saturated rings. The van der Waals surface area contributed by atoms with Crippen LogP contribution in [0.15, 0.2) is 17.6 Å². The quantitative estimate of drug-likeness (QED) is 0.890. The second-order valence-electron chi connectivity index (χ2n) is 3.34. The number of hydrogen-bond acceptors (Lipinski definition) is 4. The molecule has 0 saturated heterocycles. The maximum atomic E-state index is 12.1. The molecule has 0 aliphatic carbocycles. The van der Waals surface area contributed by atoms with Crippen LogP contribution in [0.4, 0.5) is 19.4 Å². The molecule has 0 aliphatic heterocycles. The van der Waals surface area contributed by atoms with Crippen molar-refractivity contribution < 1.29 is 13.6 Å². The van der Waals surface area contributed by atoms with Gasteiger partial charge in [-0.15, -0.1) is 11.3 Å². The van der Waals surface area contributed by atoms with Crippen molar-refractivity contribution in [3.63, 3.8) is 0 Å². The second-order valence-corrected chi connectivity index (χ2v) is 4.20. The van der Waals surface area contributed by atoms with E-state index in [9.17, 15) is 13.6 Å². The van der Waals surface area contributed by atoms with Gasteiger partial charge in [-0.3, -0.25) is 10.00 Å². The number of amides is 2. The van der Waals surface area contributed by atoms with Gasteiger partial charge >= 0.3 is 6.03 Å². The Morgan fingerprint density at radius 3 is 3.06 bits per heavy atom. The summed E-state index contributed by atoms with van der Waals surface area (Å²) in [6.07, 6.45) is -1.01. The van der Waals surface area contributed by atoms with E-state index in [1.165, 1.54) is 17.5 Å². The number of anilines is 1. The van der Waals surface area contributed by atoms with Crippen LogP contribution in [0.2, 0.25) is 0 Å². The molecule has 0 aliphatic rings. The summed E-state index contributed by atoms with van der Waals surface area (Å²) in [5, 5.41) is 8.38. The molecular weight excluding hydrogens is 264 g/mol. The van der Waals surface area contributed by atoms with E-state index in [1.807, 2.05) is 0 Å². The minimum absolute atomic E-state index is 0.311. The third-order valence-corrected chi connectivity index (χ3v) is 2.81. The first-order chi connectivity index (χ1) is 8.54. The van der Waals surface area contributed by atoms with Crippen molar-refractivity contribution in [2.45, 2.75) is 13.0 Å². The van der Waals surface area contributed by atoms with Gasteiger partial charge < -0.3 is 5.73 Å². The molecule has 9 heteroatoms. The Balaban J connectivity index is 2.13. The first kappa shape index (κ1) is 12.4. The van der Waals surface area contributed by atoms with E-state index >= 15 is 0 Å². The van der Waals surface area contributed by atoms with Gasteiger partial charge in [0.1, 0.15) is 23.1 Å². The normalized spacial score (nSPS) is 10.8. The number of halogens is 2. The fourth-order valence-electron chi connectivity index (χ4n) is 1.29. The van der Waals surface area contributed by atoms with Crippen LogP contribution in [0.25, 0.3) is 10.7 Å². The number of thiazole rings is 1. The number of urea groups is 1. The number of rotatable bonds is 4. The van der Waals surface area contributed by atoms with E-state index < -0.39 is 19.0 Å². The monoisotopic (exact) mass is 273 g/mol. The van der Waals surface area contributed by atoms with Crippen molar-refractivity contribution in [1.29, 1.82) is 0 Å². The molecule has 0 aromatic carbocycles. The van der Waals surface area contributed by atoms with Crippen molar-refractivity contribution in [3.05, 3.63) is 17.6 Å². The lowest BCUT2D eigenvalue weighted by molar-refractivity contribution is 0.122. The zero-order chi connectivity index (χ0) is 13.1. The standard InChI is InChI=1S/C9H9F2N5OS/c10-6(11)3-16-2-1-5(15-16)8-13-7(4-18-8)14-9(12)17/h1-2,4,6H,3H2,(H3,12,14,17). The van der Waals surface area contributed by atoms with Gasteiger partial charge in [-0.05, 0) is 6.07 Å². The summed E-state index contributed by atoms with van der Waals surface area (Å²) in [7, 11) is 0. The van der Waals surface area contributed by atoms with Gasteiger partial charge in [0.2, 0.25) is 0 Å². The maximum Gasteiger partial charge on any atom is 0.317 e. The molecule has 3 N–H and O–H groups in total. The third kappa shape index (κ3) is 3.00. The minimum Gasteiger partial charge on any atom is -0.351 e. The Labute approximate surface area is 104 Å². The van der Waals surface area contributed by atoms with Crippen LogP contribution in [0.3, 0.4) is 0 Å². The van der Waals surface area contributed by atoms with Gasteiger partial charge in [0.25, 0.3) is 6.43 Å². The van der Waals surface area contributed by atoms with Gasteiger partial charge in [-0.2, -0.15) is 5.10 Å². The van der Waals surface area contributed by atoms with Crippen LogP contribution in [0.1, 0.15) is 0 Å². The molecule has 2 aromatic rings. The number of nitrogens with two attached hydrogens (primary N) is 1. The van der Waals surface area contributed by atoms with Crippen molar-refractivity contribution in [2.75, 3.05) is 5.32 Å². The van der Waals surface area contributed by atoms with E-state index in [2.05, 4.69) is 15.4 Å². The van der Waals surface area contributed by atoms with Gasteiger partial charge in [0, 0.05) is 11.6 Å². The van der Waals surface area contributed by atoms with E-state index in [0.717, 1.165) is 4.68 Å². The van der Waals surface area contributed by atoms with E-state index in [-0.39, 0.29) is 0 Å². The van der Waals surface area contributed by atoms with Crippen molar-refractivity contribution in [1.82, 2.24) is 14.8 Å². The number of hydrogen-bond donors (Lipinski definition) is 2. The van der Waals surface area contributed by atoms with Crippen LogP contribution in [-0.2, 0) is 6.54 Å². The number of carbonyl (C=O) groups excluding carboxylic acids is 1. The highest BCUT2D eigenvalue weighted by atomic mass is 32.1. The van der Waals surface area contributed by atoms with Crippen molar-refractivity contribution in [3.8, 4) is 10.7 Å². The Hall–Kier alpha value is -2.03. The number of primary amides is 1. The van der Waals surface area contributed by atoms with Crippen molar-refractivity contribution in [2.24, 2.45) is 5.73 Å². The predicted octanol–water partition coefficient (Wildman–Crippen LogP) is 1.76.